The van der Waals surface area contributed by atoms with Gasteiger partial charge in [-0.2, -0.15) is 0 Å². The van der Waals surface area contributed by atoms with Gasteiger partial charge in [0, 0.05) is 25.6 Å². The normalized spacial score (nSPS) is 22.9. The lowest BCUT2D eigenvalue weighted by Gasteiger charge is -2.30. The van der Waals surface area contributed by atoms with Gasteiger partial charge >= 0.3 is 0 Å². The number of nitrogens with one attached hydrogen (secondary N) is 2. The van der Waals surface area contributed by atoms with E-state index in [0.717, 1.165) is 25.9 Å². The molecule has 1 heterocycles. The first-order valence-electron chi connectivity index (χ1n) is 6.42. The van der Waals surface area contributed by atoms with Crippen LogP contribution in [0.3, 0.4) is 0 Å². The lowest BCUT2D eigenvalue weighted by Crippen LogP contribution is -2.50. The van der Waals surface area contributed by atoms with E-state index in [1.165, 1.54) is 0 Å². The molecule has 2 N–H and O–H groups in total. The number of carbonyl (C=O) groups is 1. The Kier molecular flexibility index (Phi) is 10.0. The van der Waals surface area contributed by atoms with Crippen LogP contribution in [0.25, 0.3) is 0 Å². The van der Waals surface area contributed by atoms with Crippen molar-refractivity contribution in [3.8, 4) is 0 Å². The molecule has 0 saturated carbocycles. The number of carbonyl (C=O) groups excluding carboxylic acids is 1. The van der Waals surface area contributed by atoms with E-state index in [1.54, 1.807) is 6.08 Å². The van der Waals surface area contributed by atoms with Crippen LogP contribution in [-0.2, 0) is 9.53 Å². The molecule has 0 spiro atoms. The Morgan fingerprint density at radius 2 is 2.39 bits per heavy atom. The maximum absolute atomic E-state index is 11.7. The van der Waals surface area contributed by atoms with Crippen LogP contribution in [0.1, 0.15) is 26.2 Å². The first-order valence-corrected chi connectivity index (χ1v) is 6.42. The number of hydrogen-bond acceptors (Lipinski definition) is 3. The molecule has 1 fully saturated rings. The van der Waals surface area contributed by atoms with Crippen LogP contribution in [-0.4, -0.2) is 38.3 Å². The van der Waals surface area contributed by atoms with Crippen molar-refractivity contribution in [1.82, 2.24) is 10.6 Å². The molecule has 1 rings (SSSR count). The summed E-state index contributed by atoms with van der Waals surface area (Å²) >= 11 is 0. The molecule has 1 aliphatic rings. The molecule has 0 aromatic heterocycles. The van der Waals surface area contributed by atoms with Gasteiger partial charge in [-0.05, 0) is 25.3 Å². The van der Waals surface area contributed by atoms with Gasteiger partial charge in [0.25, 0.3) is 0 Å². The molecule has 5 heteroatoms. The summed E-state index contributed by atoms with van der Waals surface area (Å²) in [7, 11) is 0. The fraction of sp³-hybridized carbons (Fsp3) is 0.769. The topological polar surface area (TPSA) is 50.4 Å². The Morgan fingerprint density at radius 3 is 3.06 bits per heavy atom. The minimum absolute atomic E-state index is 0. The molecule has 0 radical (unpaired) electrons. The van der Waals surface area contributed by atoms with Gasteiger partial charge in [0.05, 0.1) is 6.61 Å². The Hall–Kier alpha value is -0.580. The van der Waals surface area contributed by atoms with Crippen LogP contribution in [0.2, 0.25) is 0 Å². The Morgan fingerprint density at radius 1 is 1.61 bits per heavy atom. The number of rotatable bonds is 7. The summed E-state index contributed by atoms with van der Waals surface area (Å²) in [6.07, 6.45) is 4.16. The molecule has 0 aromatic rings. The van der Waals surface area contributed by atoms with Gasteiger partial charge in [-0.25, -0.2) is 0 Å². The van der Waals surface area contributed by atoms with Crippen LogP contribution in [0.4, 0.5) is 0 Å². The van der Waals surface area contributed by atoms with Crippen molar-refractivity contribution >= 4 is 18.3 Å². The van der Waals surface area contributed by atoms with E-state index in [0.29, 0.717) is 25.6 Å². The fourth-order valence-electron chi connectivity index (χ4n) is 1.96. The third kappa shape index (κ3) is 6.99. The summed E-state index contributed by atoms with van der Waals surface area (Å²) in [6, 6.07) is 0.283. The molecule has 4 nitrogen and oxygen atoms in total. The monoisotopic (exact) mass is 276 g/mol. The van der Waals surface area contributed by atoms with Crippen molar-refractivity contribution in [3.63, 3.8) is 0 Å². The highest BCUT2D eigenvalue weighted by Crippen LogP contribution is 2.11. The quantitative estimate of drug-likeness (QED) is 0.547. The van der Waals surface area contributed by atoms with Crippen molar-refractivity contribution in [1.29, 1.82) is 0 Å². The smallest absolute Gasteiger partial charge is 0.220 e. The van der Waals surface area contributed by atoms with Crippen molar-refractivity contribution < 1.29 is 9.53 Å². The third-order valence-electron chi connectivity index (χ3n) is 3.10. The molecular formula is C13H25ClN2O2. The predicted molar refractivity (Wildman–Crippen MR) is 76.1 cm³/mol. The van der Waals surface area contributed by atoms with E-state index < -0.39 is 0 Å². The van der Waals surface area contributed by atoms with Crippen LogP contribution >= 0.6 is 12.4 Å². The highest BCUT2D eigenvalue weighted by atomic mass is 35.5. The van der Waals surface area contributed by atoms with Crippen molar-refractivity contribution in [2.75, 3.05) is 26.3 Å². The predicted octanol–water partition coefficient (Wildman–Crippen LogP) is 1.51. The van der Waals surface area contributed by atoms with Gasteiger partial charge in [-0.1, -0.05) is 13.0 Å². The summed E-state index contributed by atoms with van der Waals surface area (Å²) in [6.45, 7) is 8.89. The molecule has 1 aliphatic heterocycles. The molecule has 0 bridgehead atoms. The fourth-order valence-corrected chi connectivity index (χ4v) is 1.96. The number of hydrogen-bond donors (Lipinski definition) is 2. The average Bonchev–Trinajstić information content (AvgIpc) is 2.32. The minimum Gasteiger partial charge on any atom is -0.377 e. The number of ether oxygens (including phenoxy) is 1. The second kappa shape index (κ2) is 10.4. The number of amides is 1. The summed E-state index contributed by atoms with van der Waals surface area (Å²) in [4.78, 5) is 11.7. The second-order valence-corrected chi connectivity index (χ2v) is 4.61. The van der Waals surface area contributed by atoms with E-state index in [9.17, 15) is 4.79 Å². The summed E-state index contributed by atoms with van der Waals surface area (Å²) < 4.78 is 5.23. The van der Waals surface area contributed by atoms with Crippen LogP contribution in [0.15, 0.2) is 12.7 Å². The summed E-state index contributed by atoms with van der Waals surface area (Å²) in [5.74, 6) is 0.699. The van der Waals surface area contributed by atoms with Crippen molar-refractivity contribution in [3.05, 3.63) is 12.7 Å². The van der Waals surface area contributed by atoms with Gasteiger partial charge in [-0.3, -0.25) is 4.79 Å². The van der Waals surface area contributed by atoms with E-state index in [2.05, 4.69) is 24.1 Å². The number of piperidine rings is 1. The van der Waals surface area contributed by atoms with Gasteiger partial charge in [-0.15, -0.1) is 19.0 Å². The van der Waals surface area contributed by atoms with Crippen LogP contribution in [0, 0.1) is 5.92 Å². The molecule has 0 aromatic carbocycles. The molecule has 1 amide bonds. The zero-order valence-corrected chi connectivity index (χ0v) is 11.9. The largest absolute Gasteiger partial charge is 0.377 e. The van der Waals surface area contributed by atoms with E-state index in [-0.39, 0.29) is 24.4 Å². The molecule has 1 saturated heterocycles. The van der Waals surface area contributed by atoms with Crippen LogP contribution in [0.5, 0.6) is 0 Å². The lowest BCUT2D eigenvalue weighted by molar-refractivity contribution is -0.122. The second-order valence-electron chi connectivity index (χ2n) is 4.61. The van der Waals surface area contributed by atoms with E-state index >= 15 is 0 Å². The lowest BCUT2D eigenvalue weighted by atomic mass is 9.95. The molecule has 106 valence electrons. The van der Waals surface area contributed by atoms with E-state index in [1.807, 2.05) is 0 Å². The minimum atomic E-state index is 0. The Labute approximate surface area is 116 Å². The van der Waals surface area contributed by atoms with Gasteiger partial charge in [0.1, 0.15) is 0 Å². The standard InChI is InChI=1S/C13H24N2O2.ClH/c1-3-8-17-9-4-5-13(16)15-12-10-14-7-6-11(12)2;/h3,11-12,14H,1,4-10H2,2H3,(H,15,16);1H. The van der Waals surface area contributed by atoms with E-state index in [4.69, 9.17) is 4.74 Å². The van der Waals surface area contributed by atoms with Crippen molar-refractivity contribution in [2.24, 2.45) is 5.92 Å². The molecular weight excluding hydrogens is 252 g/mol. The molecule has 2 atom stereocenters. The van der Waals surface area contributed by atoms with Crippen molar-refractivity contribution in [2.45, 2.75) is 32.2 Å². The maximum atomic E-state index is 11.7. The highest BCUT2D eigenvalue weighted by molar-refractivity contribution is 5.85. The summed E-state index contributed by atoms with van der Waals surface area (Å²) in [5.41, 5.74) is 0. The first kappa shape index (κ1) is 17.4. The van der Waals surface area contributed by atoms with Gasteiger partial charge < -0.3 is 15.4 Å². The zero-order valence-electron chi connectivity index (χ0n) is 11.1. The maximum Gasteiger partial charge on any atom is 0.220 e. The first-order chi connectivity index (χ1) is 8.24. The Balaban J connectivity index is 0.00000289. The van der Waals surface area contributed by atoms with Gasteiger partial charge in [0.15, 0.2) is 0 Å². The average molecular weight is 277 g/mol. The van der Waals surface area contributed by atoms with Crippen LogP contribution < -0.4 is 10.6 Å². The third-order valence-corrected chi connectivity index (χ3v) is 3.10. The zero-order chi connectivity index (χ0) is 12.5. The SMILES string of the molecule is C=CCOCCCC(=O)NC1CNCCC1C.Cl. The highest BCUT2D eigenvalue weighted by Gasteiger charge is 2.22. The summed E-state index contributed by atoms with van der Waals surface area (Å²) in [5, 5.41) is 6.39. The number of halogens is 1. The Bertz CT molecular complexity index is 249. The molecule has 2 unspecified atom stereocenters. The molecule has 18 heavy (non-hydrogen) atoms. The molecule has 0 aliphatic carbocycles. The van der Waals surface area contributed by atoms with Gasteiger partial charge in [0.2, 0.25) is 5.91 Å².